The SMILES string of the molecule is CCN(CC)S(=O)(=O)c1ccc(S(=O)(=O)Nc2ccccc2Cc2ccccc2)cc1. The molecule has 3 rings (SSSR count). The highest BCUT2D eigenvalue weighted by molar-refractivity contribution is 7.92. The summed E-state index contributed by atoms with van der Waals surface area (Å²) < 4.78 is 55.1. The molecule has 0 aromatic heterocycles. The molecule has 3 aromatic rings. The predicted octanol–water partition coefficient (Wildman–Crippen LogP) is 4.11. The first-order valence-electron chi connectivity index (χ1n) is 10.0. The Bertz CT molecular complexity index is 1220. The zero-order chi connectivity index (χ0) is 22.5. The summed E-state index contributed by atoms with van der Waals surface area (Å²) in [6.45, 7) is 4.21. The molecule has 0 atom stereocenters. The number of para-hydroxylation sites is 1. The molecule has 0 aliphatic carbocycles. The van der Waals surface area contributed by atoms with Crippen molar-refractivity contribution >= 4 is 25.7 Å². The van der Waals surface area contributed by atoms with Crippen LogP contribution in [0.3, 0.4) is 0 Å². The van der Waals surface area contributed by atoms with Crippen LogP contribution in [-0.4, -0.2) is 34.2 Å². The number of rotatable bonds is 9. The van der Waals surface area contributed by atoms with Gasteiger partial charge in [-0.2, -0.15) is 4.31 Å². The summed E-state index contributed by atoms with van der Waals surface area (Å²) in [4.78, 5) is 0.0696. The van der Waals surface area contributed by atoms with E-state index in [4.69, 9.17) is 0 Å². The highest BCUT2D eigenvalue weighted by Crippen LogP contribution is 2.24. The molecule has 0 spiro atoms. The molecule has 164 valence electrons. The third-order valence-corrected chi connectivity index (χ3v) is 8.42. The van der Waals surface area contributed by atoms with E-state index in [-0.39, 0.29) is 9.79 Å². The minimum absolute atomic E-state index is 0.000473. The molecule has 0 saturated heterocycles. The van der Waals surface area contributed by atoms with Crippen molar-refractivity contribution in [1.82, 2.24) is 4.31 Å². The molecule has 0 amide bonds. The quantitative estimate of drug-likeness (QED) is 0.523. The van der Waals surface area contributed by atoms with Crippen molar-refractivity contribution in [2.45, 2.75) is 30.1 Å². The van der Waals surface area contributed by atoms with Crippen molar-refractivity contribution in [3.05, 3.63) is 90.0 Å². The van der Waals surface area contributed by atoms with Crippen molar-refractivity contribution in [3.8, 4) is 0 Å². The van der Waals surface area contributed by atoms with Crippen LogP contribution in [-0.2, 0) is 26.5 Å². The summed E-state index contributed by atoms with van der Waals surface area (Å²) in [5.41, 5.74) is 2.41. The third-order valence-electron chi connectivity index (χ3n) is 4.98. The number of nitrogens with one attached hydrogen (secondary N) is 1. The topological polar surface area (TPSA) is 83.6 Å². The molecule has 31 heavy (non-hydrogen) atoms. The molecule has 0 fully saturated rings. The lowest BCUT2D eigenvalue weighted by atomic mass is 10.0. The fourth-order valence-electron chi connectivity index (χ4n) is 3.30. The molecule has 0 aliphatic heterocycles. The Morgan fingerprint density at radius 3 is 1.87 bits per heavy atom. The Labute approximate surface area is 184 Å². The lowest BCUT2D eigenvalue weighted by molar-refractivity contribution is 0.445. The minimum Gasteiger partial charge on any atom is -0.279 e. The van der Waals surface area contributed by atoms with E-state index < -0.39 is 20.0 Å². The molecular weight excluding hydrogens is 432 g/mol. The van der Waals surface area contributed by atoms with E-state index in [2.05, 4.69) is 4.72 Å². The van der Waals surface area contributed by atoms with Crippen LogP contribution in [0.4, 0.5) is 5.69 Å². The van der Waals surface area contributed by atoms with Gasteiger partial charge < -0.3 is 0 Å². The molecule has 8 heteroatoms. The van der Waals surface area contributed by atoms with E-state index >= 15 is 0 Å². The molecular formula is C23H26N2O4S2. The van der Waals surface area contributed by atoms with Gasteiger partial charge in [-0.3, -0.25) is 4.72 Å². The molecule has 0 unspecified atom stereocenters. The van der Waals surface area contributed by atoms with Crippen molar-refractivity contribution in [3.63, 3.8) is 0 Å². The van der Waals surface area contributed by atoms with Crippen LogP contribution in [0.2, 0.25) is 0 Å². The van der Waals surface area contributed by atoms with Crippen molar-refractivity contribution in [2.75, 3.05) is 17.8 Å². The van der Waals surface area contributed by atoms with Gasteiger partial charge in [0, 0.05) is 13.1 Å². The highest BCUT2D eigenvalue weighted by atomic mass is 32.2. The summed E-state index contributed by atoms with van der Waals surface area (Å²) in [5, 5.41) is 0. The average molecular weight is 459 g/mol. The van der Waals surface area contributed by atoms with E-state index in [1.54, 1.807) is 26.0 Å². The van der Waals surface area contributed by atoms with Gasteiger partial charge in [-0.15, -0.1) is 0 Å². The Kier molecular flexibility index (Phi) is 7.15. The van der Waals surface area contributed by atoms with Crippen molar-refractivity contribution in [2.24, 2.45) is 0 Å². The summed E-state index contributed by atoms with van der Waals surface area (Å²) in [5.74, 6) is 0. The maximum atomic E-state index is 12.9. The monoisotopic (exact) mass is 458 g/mol. The van der Waals surface area contributed by atoms with Crippen LogP contribution in [0.15, 0.2) is 88.7 Å². The van der Waals surface area contributed by atoms with Crippen LogP contribution < -0.4 is 4.72 Å². The lowest BCUT2D eigenvalue weighted by Crippen LogP contribution is -2.30. The smallest absolute Gasteiger partial charge is 0.261 e. The standard InChI is InChI=1S/C23H26N2O4S2/c1-3-25(4-2)31(28,29)22-16-14-21(15-17-22)30(26,27)24-23-13-9-8-12-20(23)18-19-10-6-5-7-11-19/h5-17,24H,3-4,18H2,1-2H3. The van der Waals surface area contributed by atoms with E-state index in [1.807, 2.05) is 42.5 Å². The summed E-state index contributed by atoms with van der Waals surface area (Å²) in [7, 11) is -7.53. The summed E-state index contributed by atoms with van der Waals surface area (Å²) in [6, 6.07) is 22.3. The number of hydrogen-bond donors (Lipinski definition) is 1. The van der Waals surface area contributed by atoms with Crippen LogP contribution in [0.25, 0.3) is 0 Å². The van der Waals surface area contributed by atoms with E-state index in [0.29, 0.717) is 25.2 Å². The van der Waals surface area contributed by atoms with Crippen LogP contribution >= 0.6 is 0 Å². The van der Waals surface area contributed by atoms with Gasteiger partial charge in [0.1, 0.15) is 0 Å². The largest absolute Gasteiger partial charge is 0.279 e. The number of anilines is 1. The van der Waals surface area contributed by atoms with Crippen LogP contribution in [0.1, 0.15) is 25.0 Å². The Hall–Kier alpha value is -2.68. The molecule has 0 saturated carbocycles. The van der Waals surface area contributed by atoms with Gasteiger partial charge in [-0.05, 0) is 47.9 Å². The first kappa shape index (κ1) is 23.0. The summed E-state index contributed by atoms with van der Waals surface area (Å²) >= 11 is 0. The molecule has 6 nitrogen and oxygen atoms in total. The summed E-state index contributed by atoms with van der Waals surface area (Å²) in [6.07, 6.45) is 0.584. The van der Waals surface area contributed by atoms with Gasteiger partial charge in [0.15, 0.2) is 0 Å². The molecule has 1 N–H and O–H groups in total. The fourth-order valence-corrected chi connectivity index (χ4v) is 5.86. The molecule has 0 aliphatic rings. The van der Waals surface area contributed by atoms with Gasteiger partial charge in [-0.25, -0.2) is 16.8 Å². The second-order valence-electron chi connectivity index (χ2n) is 6.99. The van der Waals surface area contributed by atoms with E-state index in [0.717, 1.165) is 11.1 Å². The zero-order valence-corrected chi connectivity index (χ0v) is 19.2. The van der Waals surface area contributed by atoms with Gasteiger partial charge in [-0.1, -0.05) is 62.4 Å². The second kappa shape index (κ2) is 9.64. The normalized spacial score (nSPS) is 12.1. The first-order valence-corrected chi connectivity index (χ1v) is 12.9. The number of sulfonamides is 2. The average Bonchev–Trinajstić information content (AvgIpc) is 2.76. The van der Waals surface area contributed by atoms with Crippen LogP contribution in [0, 0.1) is 0 Å². The molecule has 0 bridgehead atoms. The van der Waals surface area contributed by atoms with E-state index in [9.17, 15) is 16.8 Å². The minimum atomic E-state index is -3.88. The van der Waals surface area contributed by atoms with Gasteiger partial charge in [0.2, 0.25) is 10.0 Å². The van der Waals surface area contributed by atoms with Crippen molar-refractivity contribution in [1.29, 1.82) is 0 Å². The number of nitrogens with zero attached hydrogens (tertiary/aromatic N) is 1. The Morgan fingerprint density at radius 1 is 0.710 bits per heavy atom. The van der Waals surface area contributed by atoms with E-state index in [1.165, 1.54) is 28.6 Å². The third kappa shape index (κ3) is 5.33. The zero-order valence-electron chi connectivity index (χ0n) is 17.5. The van der Waals surface area contributed by atoms with Crippen LogP contribution in [0.5, 0.6) is 0 Å². The lowest BCUT2D eigenvalue weighted by Gasteiger charge is -2.18. The number of benzene rings is 3. The number of hydrogen-bond acceptors (Lipinski definition) is 4. The maximum Gasteiger partial charge on any atom is 0.261 e. The Balaban J connectivity index is 1.85. The molecule has 0 radical (unpaired) electrons. The van der Waals surface area contributed by atoms with Gasteiger partial charge in [0.25, 0.3) is 10.0 Å². The Morgan fingerprint density at radius 2 is 1.26 bits per heavy atom. The van der Waals surface area contributed by atoms with Gasteiger partial charge >= 0.3 is 0 Å². The maximum absolute atomic E-state index is 12.9. The first-order chi connectivity index (χ1) is 14.8. The molecule has 3 aromatic carbocycles. The van der Waals surface area contributed by atoms with Gasteiger partial charge in [0.05, 0.1) is 15.5 Å². The highest BCUT2D eigenvalue weighted by Gasteiger charge is 2.23. The fraction of sp³-hybridized carbons (Fsp3) is 0.217. The molecule has 0 heterocycles. The predicted molar refractivity (Wildman–Crippen MR) is 123 cm³/mol. The van der Waals surface area contributed by atoms with Crippen molar-refractivity contribution < 1.29 is 16.8 Å². The second-order valence-corrected chi connectivity index (χ2v) is 10.6.